The Labute approximate surface area is 174 Å². The first-order valence-electron chi connectivity index (χ1n) is 8.58. The van der Waals surface area contributed by atoms with Crippen LogP contribution in [0.3, 0.4) is 0 Å². The molecule has 3 rings (SSSR count). The van der Waals surface area contributed by atoms with E-state index < -0.39 is 28.7 Å². The molecule has 29 heavy (non-hydrogen) atoms. The molecule has 9 heteroatoms. The Morgan fingerprint density at radius 2 is 1.79 bits per heavy atom. The molecule has 1 amide bonds. The van der Waals surface area contributed by atoms with Crippen LogP contribution in [0, 0.1) is 11.3 Å². The van der Waals surface area contributed by atoms with Crippen LogP contribution in [0.1, 0.15) is 30.5 Å². The third-order valence-corrected chi connectivity index (χ3v) is 5.62. The van der Waals surface area contributed by atoms with E-state index in [1.165, 1.54) is 12.1 Å². The number of alkyl halides is 3. The molecule has 0 saturated carbocycles. The van der Waals surface area contributed by atoms with Gasteiger partial charge in [-0.05, 0) is 55.1 Å². The lowest BCUT2D eigenvalue weighted by Gasteiger charge is -2.29. The molecule has 150 valence electrons. The van der Waals surface area contributed by atoms with Crippen LogP contribution in [0.4, 0.5) is 18.9 Å². The Kier molecular flexibility index (Phi) is 5.42. The third kappa shape index (κ3) is 3.85. The molecule has 1 fully saturated rings. The molecule has 1 aliphatic heterocycles. The highest BCUT2D eigenvalue weighted by atomic mass is 32.1. The Hall–Kier alpha value is -2.49. The van der Waals surface area contributed by atoms with Crippen LogP contribution in [0.25, 0.3) is 0 Å². The molecule has 1 aliphatic rings. The van der Waals surface area contributed by atoms with Crippen molar-refractivity contribution in [3.05, 3.63) is 59.2 Å². The summed E-state index contributed by atoms with van der Waals surface area (Å²) in [5.74, 6) is -0.428. The van der Waals surface area contributed by atoms with Gasteiger partial charge in [-0.15, -0.1) is 9.24 Å². The summed E-state index contributed by atoms with van der Waals surface area (Å²) in [5.41, 5.74) is -1.74. The van der Waals surface area contributed by atoms with Crippen molar-refractivity contribution in [1.29, 1.82) is 5.26 Å². The third-order valence-electron chi connectivity index (χ3n) is 4.83. The van der Waals surface area contributed by atoms with Crippen molar-refractivity contribution < 1.29 is 18.0 Å². The van der Waals surface area contributed by atoms with Gasteiger partial charge in [-0.3, -0.25) is 9.69 Å². The molecule has 1 atom stereocenters. The van der Waals surface area contributed by atoms with Gasteiger partial charge in [0.15, 0.2) is 5.11 Å². The van der Waals surface area contributed by atoms with Crippen LogP contribution in [0.5, 0.6) is 0 Å². The fourth-order valence-electron chi connectivity index (χ4n) is 3.14. The van der Waals surface area contributed by atoms with Crippen molar-refractivity contribution in [2.75, 3.05) is 4.90 Å². The van der Waals surface area contributed by atoms with Crippen molar-refractivity contribution in [2.24, 2.45) is 0 Å². The Balaban J connectivity index is 2.01. The maximum Gasteiger partial charge on any atom is 0.417 e. The number of nitrogens with zero attached hydrogens (tertiary/aromatic N) is 3. The second kappa shape index (κ2) is 7.40. The minimum absolute atomic E-state index is 0.0118. The van der Waals surface area contributed by atoms with Crippen LogP contribution >= 0.6 is 21.5 Å². The van der Waals surface area contributed by atoms with E-state index in [1.807, 2.05) is 24.3 Å². The maximum atomic E-state index is 13.3. The standard InChI is InChI=1S/C20H17F3N3OPS/c1-19(2)17(27)26(14-6-5-13(10-24)16(9-14)20(21,22)23)18(29)25(19)11-12-3-7-15(28)8-4-12/h3-9H,11,28H2,1-2H3. The van der Waals surface area contributed by atoms with E-state index in [9.17, 15) is 18.0 Å². The molecule has 1 saturated heterocycles. The first kappa shape index (κ1) is 21.2. The van der Waals surface area contributed by atoms with Crippen LogP contribution in [-0.4, -0.2) is 21.5 Å². The van der Waals surface area contributed by atoms with Crippen molar-refractivity contribution >= 4 is 43.5 Å². The van der Waals surface area contributed by atoms with Gasteiger partial charge in [0.2, 0.25) is 0 Å². The zero-order valence-electron chi connectivity index (χ0n) is 15.6. The van der Waals surface area contributed by atoms with Gasteiger partial charge in [0.25, 0.3) is 5.91 Å². The van der Waals surface area contributed by atoms with Crippen molar-refractivity contribution in [2.45, 2.75) is 32.1 Å². The number of nitriles is 1. The lowest BCUT2D eigenvalue weighted by Crippen LogP contribution is -2.43. The molecule has 1 unspecified atom stereocenters. The van der Waals surface area contributed by atoms with Crippen LogP contribution in [0.2, 0.25) is 0 Å². The fraction of sp³-hybridized carbons (Fsp3) is 0.250. The molecule has 2 aromatic carbocycles. The van der Waals surface area contributed by atoms with Gasteiger partial charge in [0.1, 0.15) is 5.54 Å². The molecule has 0 aromatic heterocycles. The van der Waals surface area contributed by atoms with Gasteiger partial charge in [-0.1, -0.05) is 24.3 Å². The summed E-state index contributed by atoms with van der Waals surface area (Å²) < 4.78 is 40.0. The number of carbonyl (C=O) groups excluding carboxylic acids is 1. The molecule has 0 aliphatic carbocycles. The van der Waals surface area contributed by atoms with Gasteiger partial charge in [0.05, 0.1) is 22.9 Å². The van der Waals surface area contributed by atoms with Gasteiger partial charge >= 0.3 is 6.18 Å². The summed E-state index contributed by atoms with van der Waals surface area (Å²) in [5, 5.41) is 10.1. The molecule has 4 nitrogen and oxygen atoms in total. The van der Waals surface area contributed by atoms with Gasteiger partial charge in [0, 0.05) is 6.54 Å². The quantitative estimate of drug-likeness (QED) is 0.541. The number of benzene rings is 2. The summed E-state index contributed by atoms with van der Waals surface area (Å²) in [7, 11) is 2.58. The zero-order valence-corrected chi connectivity index (χ0v) is 17.6. The Morgan fingerprint density at radius 3 is 2.34 bits per heavy atom. The minimum atomic E-state index is -4.72. The van der Waals surface area contributed by atoms with Crippen LogP contribution < -0.4 is 10.2 Å². The van der Waals surface area contributed by atoms with E-state index in [0.717, 1.165) is 27.9 Å². The average molecular weight is 435 g/mol. The molecule has 1 heterocycles. The number of rotatable bonds is 3. The summed E-state index contributed by atoms with van der Waals surface area (Å²) in [6, 6.07) is 12.3. The Morgan fingerprint density at radius 1 is 1.17 bits per heavy atom. The smallest absolute Gasteiger partial charge is 0.330 e. The summed E-state index contributed by atoms with van der Waals surface area (Å²) in [6.07, 6.45) is -4.72. The van der Waals surface area contributed by atoms with Gasteiger partial charge in [-0.2, -0.15) is 18.4 Å². The normalized spacial score (nSPS) is 16.3. The predicted molar refractivity (Wildman–Crippen MR) is 112 cm³/mol. The summed E-state index contributed by atoms with van der Waals surface area (Å²) in [6.45, 7) is 3.70. The maximum absolute atomic E-state index is 13.3. The number of halogens is 3. The predicted octanol–water partition coefficient (Wildman–Crippen LogP) is 3.99. The molecule has 2 aromatic rings. The number of carbonyl (C=O) groups is 1. The zero-order chi connectivity index (χ0) is 21.6. The number of amides is 1. The lowest BCUT2D eigenvalue weighted by molar-refractivity contribution is -0.137. The topological polar surface area (TPSA) is 47.3 Å². The Bertz CT molecular complexity index is 1030. The van der Waals surface area contributed by atoms with Crippen LogP contribution in [-0.2, 0) is 17.5 Å². The van der Waals surface area contributed by atoms with Crippen molar-refractivity contribution in [3.8, 4) is 6.07 Å². The fourth-order valence-corrected chi connectivity index (χ4v) is 3.81. The van der Waals surface area contributed by atoms with Gasteiger partial charge < -0.3 is 4.90 Å². The van der Waals surface area contributed by atoms with E-state index >= 15 is 0 Å². The lowest BCUT2D eigenvalue weighted by atomic mass is 10.0. The number of anilines is 1. The van der Waals surface area contributed by atoms with E-state index in [2.05, 4.69) is 9.24 Å². The molecule has 0 spiro atoms. The van der Waals surface area contributed by atoms with E-state index in [-0.39, 0.29) is 10.8 Å². The van der Waals surface area contributed by atoms with Crippen LogP contribution in [0.15, 0.2) is 42.5 Å². The monoisotopic (exact) mass is 435 g/mol. The summed E-state index contributed by atoms with van der Waals surface area (Å²) in [4.78, 5) is 15.9. The number of hydrogen-bond donors (Lipinski definition) is 0. The van der Waals surface area contributed by atoms with E-state index in [0.29, 0.717) is 6.54 Å². The number of thiocarbonyl (C=S) groups is 1. The second-order valence-electron chi connectivity index (χ2n) is 7.15. The molecular weight excluding hydrogens is 418 g/mol. The highest BCUT2D eigenvalue weighted by Gasteiger charge is 2.49. The minimum Gasteiger partial charge on any atom is -0.330 e. The second-order valence-corrected chi connectivity index (χ2v) is 8.18. The molecular formula is C20H17F3N3OPS. The molecule has 0 radical (unpaired) electrons. The summed E-state index contributed by atoms with van der Waals surface area (Å²) >= 11 is 5.47. The van der Waals surface area contributed by atoms with E-state index in [1.54, 1.807) is 18.7 Å². The van der Waals surface area contributed by atoms with Crippen molar-refractivity contribution in [3.63, 3.8) is 0 Å². The molecule has 0 bridgehead atoms. The van der Waals surface area contributed by atoms with Gasteiger partial charge in [-0.25, -0.2) is 0 Å². The first-order valence-corrected chi connectivity index (χ1v) is 9.57. The highest BCUT2D eigenvalue weighted by Crippen LogP contribution is 2.38. The van der Waals surface area contributed by atoms with E-state index in [4.69, 9.17) is 17.5 Å². The average Bonchev–Trinajstić information content (AvgIpc) is 2.82. The first-order chi connectivity index (χ1) is 13.5. The number of hydrogen-bond acceptors (Lipinski definition) is 3. The highest BCUT2D eigenvalue weighted by molar-refractivity contribution is 7.80. The SMILES string of the molecule is CC1(C)C(=O)N(c2ccc(C#N)c(C(F)(F)F)c2)C(=S)N1Cc1ccc(P)cc1. The largest absolute Gasteiger partial charge is 0.417 e. The molecule has 0 N–H and O–H groups in total. The van der Waals surface area contributed by atoms with Crippen molar-refractivity contribution in [1.82, 2.24) is 4.90 Å².